The molecule has 2 aromatic heterocycles. The summed E-state index contributed by atoms with van der Waals surface area (Å²) in [5.74, 6) is 0.610. The van der Waals surface area contributed by atoms with Crippen molar-refractivity contribution in [3.63, 3.8) is 0 Å². The molecule has 0 bridgehead atoms. The van der Waals surface area contributed by atoms with Crippen LogP contribution in [-0.4, -0.2) is 4.40 Å². The van der Waals surface area contributed by atoms with E-state index < -0.39 is 0 Å². The Kier molecular flexibility index (Phi) is 1.87. The van der Waals surface area contributed by atoms with Crippen molar-refractivity contribution in [1.29, 1.82) is 0 Å². The van der Waals surface area contributed by atoms with Gasteiger partial charge in [-0.15, -0.1) is 0 Å². The number of nitrogens with zero attached hydrogens (tertiary/aromatic N) is 1. The van der Waals surface area contributed by atoms with Crippen molar-refractivity contribution in [2.24, 2.45) is 0 Å². The molecule has 0 saturated carbocycles. The molecule has 13 heavy (non-hydrogen) atoms. The van der Waals surface area contributed by atoms with Crippen LogP contribution < -0.4 is 0 Å². The van der Waals surface area contributed by atoms with Gasteiger partial charge >= 0.3 is 0 Å². The van der Waals surface area contributed by atoms with Crippen molar-refractivity contribution in [3.05, 3.63) is 41.7 Å². The highest BCUT2D eigenvalue weighted by Crippen LogP contribution is 2.20. The third kappa shape index (κ3) is 1.35. The molecule has 0 amide bonds. The van der Waals surface area contributed by atoms with E-state index in [1.807, 2.05) is 0 Å². The lowest BCUT2D eigenvalue weighted by Gasteiger charge is -1.96. The topological polar surface area (TPSA) is 4.41 Å². The maximum atomic E-state index is 2.28. The molecule has 0 fully saturated rings. The van der Waals surface area contributed by atoms with Crippen molar-refractivity contribution in [2.45, 2.75) is 26.7 Å². The van der Waals surface area contributed by atoms with Gasteiger partial charge in [0.1, 0.15) is 0 Å². The molecular formula is C12H15N. The van der Waals surface area contributed by atoms with E-state index >= 15 is 0 Å². The Bertz CT molecular complexity index is 424. The number of pyridine rings is 1. The van der Waals surface area contributed by atoms with Gasteiger partial charge in [-0.1, -0.05) is 19.9 Å². The van der Waals surface area contributed by atoms with Gasteiger partial charge in [0.2, 0.25) is 0 Å². The van der Waals surface area contributed by atoms with Crippen LogP contribution >= 0.6 is 0 Å². The van der Waals surface area contributed by atoms with Crippen LogP contribution in [0, 0.1) is 6.92 Å². The highest BCUT2D eigenvalue weighted by atomic mass is 14.9. The van der Waals surface area contributed by atoms with Gasteiger partial charge < -0.3 is 4.40 Å². The van der Waals surface area contributed by atoms with Gasteiger partial charge in [0.05, 0.1) is 0 Å². The van der Waals surface area contributed by atoms with E-state index in [1.165, 1.54) is 16.6 Å². The standard InChI is InChI=1S/C12H15N/c1-9(2)11-7-12-10(3)5-4-6-13(12)8-11/h4-9H,1-3H3. The normalized spacial score (nSPS) is 11.4. The van der Waals surface area contributed by atoms with Gasteiger partial charge in [-0.3, -0.25) is 0 Å². The Hall–Kier alpha value is -1.24. The number of hydrogen-bond donors (Lipinski definition) is 0. The first-order chi connectivity index (χ1) is 6.18. The minimum atomic E-state index is 0.610. The molecule has 2 rings (SSSR count). The molecule has 0 spiro atoms. The highest BCUT2D eigenvalue weighted by Gasteiger charge is 2.03. The Morgan fingerprint density at radius 1 is 1.31 bits per heavy atom. The average molecular weight is 173 g/mol. The van der Waals surface area contributed by atoms with Crippen LogP contribution in [0.15, 0.2) is 30.6 Å². The minimum Gasteiger partial charge on any atom is -0.323 e. The second-order valence-corrected chi connectivity index (χ2v) is 3.91. The summed E-state index contributed by atoms with van der Waals surface area (Å²) in [6.07, 6.45) is 4.32. The molecule has 68 valence electrons. The second kappa shape index (κ2) is 2.91. The highest BCUT2D eigenvalue weighted by molar-refractivity contribution is 5.57. The first-order valence-electron chi connectivity index (χ1n) is 4.75. The monoisotopic (exact) mass is 173 g/mol. The molecule has 0 aromatic carbocycles. The van der Waals surface area contributed by atoms with E-state index in [2.05, 4.69) is 55.8 Å². The summed E-state index contributed by atoms with van der Waals surface area (Å²) in [5, 5.41) is 0. The van der Waals surface area contributed by atoms with Gasteiger partial charge in [0.25, 0.3) is 0 Å². The maximum absolute atomic E-state index is 2.28. The van der Waals surface area contributed by atoms with Crippen molar-refractivity contribution in [2.75, 3.05) is 0 Å². The van der Waals surface area contributed by atoms with Crippen LogP contribution in [0.3, 0.4) is 0 Å². The maximum Gasteiger partial charge on any atom is 0.0482 e. The van der Waals surface area contributed by atoms with Crippen molar-refractivity contribution in [1.82, 2.24) is 4.40 Å². The van der Waals surface area contributed by atoms with Gasteiger partial charge in [0, 0.05) is 17.9 Å². The van der Waals surface area contributed by atoms with Crippen molar-refractivity contribution < 1.29 is 0 Å². The zero-order chi connectivity index (χ0) is 9.42. The lowest BCUT2D eigenvalue weighted by Crippen LogP contribution is -1.83. The van der Waals surface area contributed by atoms with Gasteiger partial charge in [-0.05, 0) is 36.1 Å². The van der Waals surface area contributed by atoms with Crippen LogP contribution in [0.25, 0.3) is 5.52 Å². The van der Waals surface area contributed by atoms with E-state index in [1.54, 1.807) is 0 Å². The molecule has 0 aliphatic carbocycles. The third-order valence-electron chi connectivity index (χ3n) is 2.53. The van der Waals surface area contributed by atoms with Crippen LogP contribution in [0.1, 0.15) is 30.9 Å². The Balaban J connectivity index is 2.68. The fraction of sp³-hybridized carbons (Fsp3) is 0.333. The lowest BCUT2D eigenvalue weighted by molar-refractivity contribution is 0.866. The van der Waals surface area contributed by atoms with E-state index in [4.69, 9.17) is 0 Å². The molecule has 2 aromatic rings. The molecule has 0 aliphatic heterocycles. The average Bonchev–Trinajstić information content (AvgIpc) is 2.49. The van der Waals surface area contributed by atoms with Crippen LogP contribution in [0.4, 0.5) is 0 Å². The molecule has 0 radical (unpaired) electrons. The first kappa shape index (κ1) is 8.36. The summed E-state index contributed by atoms with van der Waals surface area (Å²) in [6.45, 7) is 6.60. The third-order valence-corrected chi connectivity index (χ3v) is 2.53. The summed E-state index contributed by atoms with van der Waals surface area (Å²) in [6, 6.07) is 6.52. The SMILES string of the molecule is Cc1cccn2cc(C(C)C)cc12. The quantitative estimate of drug-likeness (QED) is 0.622. The van der Waals surface area contributed by atoms with Gasteiger partial charge in [-0.2, -0.15) is 0 Å². The Labute approximate surface area is 79.0 Å². The molecule has 0 aliphatic rings. The van der Waals surface area contributed by atoms with Crippen molar-refractivity contribution >= 4 is 5.52 Å². The number of aryl methyl sites for hydroxylation is 1. The second-order valence-electron chi connectivity index (χ2n) is 3.91. The van der Waals surface area contributed by atoms with Crippen molar-refractivity contribution in [3.8, 4) is 0 Å². The van der Waals surface area contributed by atoms with E-state index in [9.17, 15) is 0 Å². The zero-order valence-corrected chi connectivity index (χ0v) is 8.41. The predicted octanol–water partition coefficient (Wildman–Crippen LogP) is 3.37. The minimum absolute atomic E-state index is 0.610. The van der Waals surface area contributed by atoms with E-state index in [-0.39, 0.29) is 0 Å². The van der Waals surface area contributed by atoms with E-state index in [0.29, 0.717) is 5.92 Å². The number of rotatable bonds is 1. The number of hydrogen-bond acceptors (Lipinski definition) is 0. The zero-order valence-electron chi connectivity index (χ0n) is 8.41. The molecule has 0 saturated heterocycles. The van der Waals surface area contributed by atoms with Crippen LogP contribution in [-0.2, 0) is 0 Å². The molecule has 0 atom stereocenters. The molecule has 2 heterocycles. The van der Waals surface area contributed by atoms with Crippen LogP contribution in [0.5, 0.6) is 0 Å². The molecule has 0 N–H and O–H groups in total. The summed E-state index contributed by atoms with van der Waals surface area (Å²) in [7, 11) is 0. The lowest BCUT2D eigenvalue weighted by atomic mass is 10.1. The largest absolute Gasteiger partial charge is 0.323 e. The van der Waals surface area contributed by atoms with Crippen LogP contribution in [0.2, 0.25) is 0 Å². The molecule has 1 nitrogen and oxygen atoms in total. The molecule has 0 unspecified atom stereocenters. The fourth-order valence-corrected chi connectivity index (χ4v) is 1.62. The van der Waals surface area contributed by atoms with E-state index in [0.717, 1.165) is 0 Å². The smallest absolute Gasteiger partial charge is 0.0482 e. The predicted molar refractivity (Wildman–Crippen MR) is 56.2 cm³/mol. The summed E-state index contributed by atoms with van der Waals surface area (Å²) in [4.78, 5) is 0. The first-order valence-corrected chi connectivity index (χ1v) is 4.75. The summed E-state index contributed by atoms with van der Waals surface area (Å²) < 4.78 is 2.20. The molecule has 1 heteroatoms. The summed E-state index contributed by atoms with van der Waals surface area (Å²) >= 11 is 0. The summed E-state index contributed by atoms with van der Waals surface area (Å²) in [5.41, 5.74) is 4.08. The fourth-order valence-electron chi connectivity index (χ4n) is 1.62. The molecular weight excluding hydrogens is 158 g/mol. The van der Waals surface area contributed by atoms with Gasteiger partial charge in [0.15, 0.2) is 0 Å². The number of aromatic nitrogens is 1. The number of fused-ring (bicyclic) bond motifs is 1. The Morgan fingerprint density at radius 2 is 2.08 bits per heavy atom. The van der Waals surface area contributed by atoms with Gasteiger partial charge in [-0.25, -0.2) is 0 Å². The Morgan fingerprint density at radius 3 is 2.69 bits per heavy atom.